The van der Waals surface area contributed by atoms with Crippen molar-refractivity contribution in [1.82, 2.24) is 0 Å². The first-order chi connectivity index (χ1) is 18.0. The molecule has 7 nitrogen and oxygen atoms in total. The van der Waals surface area contributed by atoms with Gasteiger partial charge in [0.25, 0.3) is 11.8 Å². The standard InChI is InChI=1S/C26H15Cl5N2O5/c1-11-15(27)6-3-7-16(11)32-10-12(8-17(32)34)26(37)38-14-5-2-4-13(9-14)33-24(35)18-19(25(33)36)21(29)23(31)22(30)20(18)28/h2-7,9,12H,8,10H2,1H3/t12-/m0/s1. The predicted molar refractivity (Wildman–Crippen MR) is 146 cm³/mol. The van der Waals surface area contributed by atoms with Crippen molar-refractivity contribution in [1.29, 1.82) is 0 Å². The number of carbonyl (C=O) groups is 4. The van der Waals surface area contributed by atoms with E-state index in [2.05, 4.69) is 0 Å². The van der Waals surface area contributed by atoms with E-state index in [-0.39, 0.29) is 61.5 Å². The van der Waals surface area contributed by atoms with Crippen molar-refractivity contribution in [2.45, 2.75) is 13.3 Å². The van der Waals surface area contributed by atoms with Gasteiger partial charge in [-0.2, -0.15) is 0 Å². The van der Waals surface area contributed by atoms with Gasteiger partial charge in [0, 0.05) is 29.7 Å². The Morgan fingerprint density at radius 3 is 2.11 bits per heavy atom. The Morgan fingerprint density at radius 2 is 1.47 bits per heavy atom. The molecular weight excluding hydrogens is 598 g/mol. The van der Waals surface area contributed by atoms with Gasteiger partial charge in [0.05, 0.1) is 42.8 Å². The van der Waals surface area contributed by atoms with Gasteiger partial charge in [0.2, 0.25) is 5.91 Å². The summed E-state index contributed by atoms with van der Waals surface area (Å²) < 4.78 is 5.53. The average Bonchev–Trinajstić information content (AvgIpc) is 3.40. The average molecular weight is 613 g/mol. The molecule has 0 aromatic heterocycles. The van der Waals surface area contributed by atoms with Crippen LogP contribution in [-0.4, -0.2) is 30.2 Å². The molecule has 0 unspecified atom stereocenters. The lowest BCUT2D eigenvalue weighted by Crippen LogP contribution is -2.29. The summed E-state index contributed by atoms with van der Waals surface area (Å²) >= 11 is 30.7. The van der Waals surface area contributed by atoms with Crippen LogP contribution in [-0.2, 0) is 9.59 Å². The lowest BCUT2D eigenvalue weighted by atomic mass is 10.1. The van der Waals surface area contributed by atoms with Crippen molar-refractivity contribution in [3.8, 4) is 5.75 Å². The van der Waals surface area contributed by atoms with Crippen LogP contribution in [0.3, 0.4) is 0 Å². The molecule has 3 aromatic rings. The third kappa shape index (κ3) is 4.32. The minimum absolute atomic E-state index is 0.0403. The van der Waals surface area contributed by atoms with Crippen molar-refractivity contribution >= 4 is 93.1 Å². The number of benzene rings is 3. The Morgan fingerprint density at radius 1 is 0.868 bits per heavy atom. The van der Waals surface area contributed by atoms with E-state index in [0.717, 1.165) is 10.5 Å². The zero-order valence-corrected chi connectivity index (χ0v) is 23.1. The van der Waals surface area contributed by atoms with Gasteiger partial charge >= 0.3 is 5.97 Å². The van der Waals surface area contributed by atoms with Crippen LogP contribution in [0.15, 0.2) is 42.5 Å². The van der Waals surface area contributed by atoms with E-state index in [9.17, 15) is 19.2 Å². The molecule has 2 heterocycles. The van der Waals surface area contributed by atoms with Crippen LogP contribution in [0.25, 0.3) is 0 Å². The fraction of sp³-hybridized carbons (Fsp3) is 0.154. The zero-order valence-electron chi connectivity index (χ0n) is 19.4. The van der Waals surface area contributed by atoms with Crippen LogP contribution in [0, 0.1) is 12.8 Å². The van der Waals surface area contributed by atoms with Gasteiger partial charge in [0.1, 0.15) is 5.75 Å². The van der Waals surface area contributed by atoms with E-state index in [1.165, 1.54) is 29.2 Å². The van der Waals surface area contributed by atoms with Crippen molar-refractivity contribution in [2.75, 3.05) is 16.3 Å². The maximum absolute atomic E-state index is 13.1. The second kappa shape index (κ2) is 10.1. The highest BCUT2D eigenvalue weighted by Crippen LogP contribution is 2.46. The lowest BCUT2D eigenvalue weighted by molar-refractivity contribution is -0.139. The highest BCUT2D eigenvalue weighted by Gasteiger charge is 2.43. The van der Waals surface area contributed by atoms with E-state index in [4.69, 9.17) is 62.7 Å². The molecule has 0 radical (unpaired) electrons. The van der Waals surface area contributed by atoms with Gasteiger partial charge in [-0.25, -0.2) is 4.90 Å². The molecule has 0 spiro atoms. The number of ether oxygens (including phenoxy) is 1. The van der Waals surface area contributed by atoms with Crippen molar-refractivity contribution < 1.29 is 23.9 Å². The normalized spacial score (nSPS) is 16.9. The van der Waals surface area contributed by atoms with Crippen LogP contribution in [0.2, 0.25) is 25.1 Å². The van der Waals surface area contributed by atoms with Crippen LogP contribution < -0.4 is 14.5 Å². The summed E-state index contributed by atoms with van der Waals surface area (Å²) in [5, 5.41) is -0.153. The Bertz CT molecular complexity index is 1530. The summed E-state index contributed by atoms with van der Waals surface area (Å²) in [5.41, 5.74) is 1.13. The van der Waals surface area contributed by atoms with E-state index in [0.29, 0.717) is 10.7 Å². The molecule has 5 rings (SSSR count). The number of halogens is 5. The topological polar surface area (TPSA) is 84.0 Å². The number of esters is 1. The highest BCUT2D eigenvalue weighted by molar-refractivity contribution is 6.56. The Labute approximate surface area is 241 Å². The first kappa shape index (κ1) is 26.8. The molecule has 38 heavy (non-hydrogen) atoms. The van der Waals surface area contributed by atoms with Gasteiger partial charge in [-0.3, -0.25) is 19.2 Å². The third-order valence-electron chi connectivity index (χ3n) is 6.38. The number of amides is 3. The molecule has 3 aromatic carbocycles. The second-order valence-electron chi connectivity index (χ2n) is 8.66. The number of fused-ring (bicyclic) bond motifs is 1. The van der Waals surface area contributed by atoms with Gasteiger partial charge in [0.15, 0.2) is 0 Å². The molecule has 2 aliphatic rings. The van der Waals surface area contributed by atoms with Gasteiger partial charge in [-0.05, 0) is 36.8 Å². The molecule has 1 saturated heterocycles. The van der Waals surface area contributed by atoms with Crippen LogP contribution in [0.5, 0.6) is 5.75 Å². The summed E-state index contributed by atoms with van der Waals surface area (Å²) in [6.45, 7) is 1.92. The zero-order chi connectivity index (χ0) is 27.5. The predicted octanol–water partition coefficient (Wildman–Crippen LogP) is 7.02. The Hall–Kier alpha value is -2.81. The first-order valence-corrected chi connectivity index (χ1v) is 13.0. The monoisotopic (exact) mass is 610 g/mol. The molecule has 1 atom stereocenters. The number of nitrogens with zero attached hydrogens (tertiary/aromatic N) is 2. The van der Waals surface area contributed by atoms with E-state index in [1.54, 1.807) is 25.1 Å². The molecule has 1 fully saturated rings. The molecule has 2 aliphatic heterocycles. The molecule has 3 amide bonds. The van der Waals surface area contributed by atoms with Crippen molar-refractivity contribution in [3.05, 3.63) is 84.3 Å². The van der Waals surface area contributed by atoms with E-state index in [1.807, 2.05) is 0 Å². The van der Waals surface area contributed by atoms with Gasteiger partial charge < -0.3 is 9.64 Å². The van der Waals surface area contributed by atoms with Gasteiger partial charge in [-0.1, -0.05) is 70.1 Å². The molecule has 194 valence electrons. The Kier molecular flexibility index (Phi) is 7.09. The smallest absolute Gasteiger partial charge is 0.316 e. The highest BCUT2D eigenvalue weighted by atomic mass is 35.5. The molecule has 0 bridgehead atoms. The van der Waals surface area contributed by atoms with E-state index >= 15 is 0 Å². The first-order valence-electron chi connectivity index (χ1n) is 11.1. The van der Waals surface area contributed by atoms with Crippen LogP contribution in [0.4, 0.5) is 11.4 Å². The summed E-state index contributed by atoms with van der Waals surface area (Å²) in [4.78, 5) is 54.3. The lowest BCUT2D eigenvalue weighted by Gasteiger charge is -2.19. The maximum Gasteiger partial charge on any atom is 0.316 e. The van der Waals surface area contributed by atoms with Crippen LogP contribution >= 0.6 is 58.0 Å². The number of rotatable bonds is 4. The number of carbonyl (C=O) groups excluding carboxylic acids is 4. The summed E-state index contributed by atoms with van der Waals surface area (Å²) in [5.74, 6) is -3.04. The number of hydrogen-bond acceptors (Lipinski definition) is 5. The minimum Gasteiger partial charge on any atom is -0.426 e. The molecule has 0 aliphatic carbocycles. The molecule has 12 heteroatoms. The van der Waals surface area contributed by atoms with Gasteiger partial charge in [-0.15, -0.1) is 0 Å². The van der Waals surface area contributed by atoms with Crippen molar-refractivity contribution in [3.63, 3.8) is 0 Å². The maximum atomic E-state index is 13.1. The number of imide groups is 1. The quantitative estimate of drug-likeness (QED) is 0.104. The SMILES string of the molecule is Cc1c(Cl)cccc1N1C[C@@H](C(=O)Oc2cccc(N3C(=O)c4c(Cl)c(Cl)c(Cl)c(Cl)c4C3=O)c2)CC1=O. The summed E-state index contributed by atoms with van der Waals surface area (Å²) in [6, 6.07) is 11.0. The van der Waals surface area contributed by atoms with Crippen LogP contribution in [0.1, 0.15) is 32.7 Å². The Balaban J connectivity index is 1.37. The third-order valence-corrected chi connectivity index (χ3v) is 8.60. The summed E-state index contributed by atoms with van der Waals surface area (Å²) in [7, 11) is 0. The molecular formula is C26H15Cl5N2O5. The van der Waals surface area contributed by atoms with E-state index < -0.39 is 23.7 Å². The largest absolute Gasteiger partial charge is 0.426 e. The fourth-order valence-corrected chi connectivity index (χ4v) is 5.64. The number of hydrogen-bond donors (Lipinski definition) is 0. The molecule has 0 saturated carbocycles. The number of anilines is 2. The second-order valence-corrected chi connectivity index (χ2v) is 10.6. The summed E-state index contributed by atoms with van der Waals surface area (Å²) in [6.07, 6.45) is -0.0403. The molecule has 0 N–H and O–H groups in total. The van der Waals surface area contributed by atoms with Crippen molar-refractivity contribution in [2.24, 2.45) is 5.92 Å². The fourth-order valence-electron chi connectivity index (χ4n) is 4.46. The minimum atomic E-state index is -0.757.